The summed E-state index contributed by atoms with van der Waals surface area (Å²) in [6, 6.07) is 21.8. The van der Waals surface area contributed by atoms with Crippen molar-refractivity contribution in [2.45, 2.75) is 6.92 Å². The van der Waals surface area contributed by atoms with Gasteiger partial charge in [-0.3, -0.25) is 9.59 Å². The van der Waals surface area contributed by atoms with E-state index < -0.39 is 17.6 Å². The number of halogens is 1. The van der Waals surface area contributed by atoms with Gasteiger partial charge in [0.05, 0.1) is 17.9 Å². The number of anilines is 2. The average Bonchev–Trinajstić information content (AvgIpc) is 3.05. The van der Waals surface area contributed by atoms with Gasteiger partial charge in [-0.1, -0.05) is 42.5 Å². The van der Waals surface area contributed by atoms with E-state index in [1.54, 1.807) is 36.2 Å². The minimum atomic E-state index is -0.485. The van der Waals surface area contributed by atoms with Crippen LogP contribution in [0.5, 0.6) is 5.75 Å². The first-order valence-corrected chi connectivity index (χ1v) is 9.92. The second-order valence-corrected chi connectivity index (χ2v) is 6.97. The van der Waals surface area contributed by atoms with E-state index in [4.69, 9.17) is 4.74 Å². The zero-order valence-corrected chi connectivity index (χ0v) is 17.2. The molecule has 1 aliphatic heterocycles. The fourth-order valence-corrected chi connectivity index (χ4v) is 3.63. The normalized spacial score (nSPS) is 13.7. The molecule has 0 N–H and O–H groups in total. The lowest BCUT2D eigenvalue weighted by molar-refractivity contribution is -0.120. The Bertz CT molecular complexity index is 1160. The van der Waals surface area contributed by atoms with Gasteiger partial charge in [-0.15, -0.1) is 0 Å². The van der Waals surface area contributed by atoms with Crippen LogP contribution in [0.3, 0.4) is 0 Å². The average molecular weight is 416 g/mol. The summed E-state index contributed by atoms with van der Waals surface area (Å²) in [4.78, 5) is 30.0. The van der Waals surface area contributed by atoms with E-state index in [2.05, 4.69) is 0 Å². The number of carbonyl (C=O) groups is 2. The predicted molar refractivity (Wildman–Crippen MR) is 118 cm³/mol. The first-order valence-electron chi connectivity index (χ1n) is 9.92. The Morgan fingerprint density at radius 2 is 1.52 bits per heavy atom. The van der Waals surface area contributed by atoms with Gasteiger partial charge in [0.15, 0.2) is 0 Å². The number of imide groups is 1. The molecule has 0 unspecified atom stereocenters. The van der Waals surface area contributed by atoms with Crippen LogP contribution < -0.4 is 14.5 Å². The fourth-order valence-electron chi connectivity index (χ4n) is 3.63. The largest absolute Gasteiger partial charge is 0.492 e. The zero-order chi connectivity index (χ0) is 22.0. The van der Waals surface area contributed by atoms with Gasteiger partial charge >= 0.3 is 0 Å². The SMILES string of the molecule is CCOc1ccccc1N1C(=O)C(c2ccc(F)cc2)=C(N(C)c2ccccc2)C1=O. The summed E-state index contributed by atoms with van der Waals surface area (Å²) in [5.41, 5.74) is 2.01. The minimum Gasteiger partial charge on any atom is -0.492 e. The van der Waals surface area contributed by atoms with E-state index >= 15 is 0 Å². The van der Waals surface area contributed by atoms with Crippen molar-refractivity contribution in [2.75, 3.05) is 23.5 Å². The topological polar surface area (TPSA) is 49.9 Å². The number of hydrogen-bond donors (Lipinski definition) is 0. The molecule has 0 bridgehead atoms. The fraction of sp³-hybridized carbons (Fsp3) is 0.120. The van der Waals surface area contributed by atoms with Crippen molar-refractivity contribution >= 4 is 28.8 Å². The van der Waals surface area contributed by atoms with Gasteiger partial charge in [0.1, 0.15) is 17.3 Å². The number of benzene rings is 3. The number of ether oxygens (including phenoxy) is 1. The summed E-state index contributed by atoms with van der Waals surface area (Å²) in [7, 11) is 1.73. The van der Waals surface area contributed by atoms with Crippen molar-refractivity contribution in [2.24, 2.45) is 0 Å². The van der Waals surface area contributed by atoms with E-state index in [9.17, 15) is 14.0 Å². The Balaban J connectivity index is 1.88. The Morgan fingerprint density at radius 3 is 2.19 bits per heavy atom. The van der Waals surface area contributed by atoms with Crippen molar-refractivity contribution in [3.63, 3.8) is 0 Å². The third kappa shape index (κ3) is 3.68. The van der Waals surface area contributed by atoms with Crippen LogP contribution in [-0.2, 0) is 9.59 Å². The highest BCUT2D eigenvalue weighted by molar-refractivity contribution is 6.46. The van der Waals surface area contributed by atoms with Gasteiger partial charge in [-0.25, -0.2) is 9.29 Å². The monoisotopic (exact) mass is 416 g/mol. The number of para-hydroxylation sites is 3. The van der Waals surface area contributed by atoms with Crippen LogP contribution in [-0.4, -0.2) is 25.5 Å². The van der Waals surface area contributed by atoms with E-state index in [0.29, 0.717) is 23.6 Å². The molecule has 0 saturated carbocycles. The molecule has 3 aromatic rings. The molecule has 5 nitrogen and oxygen atoms in total. The summed E-state index contributed by atoms with van der Waals surface area (Å²) in [6.45, 7) is 2.23. The van der Waals surface area contributed by atoms with Crippen LogP contribution in [0.25, 0.3) is 5.57 Å². The van der Waals surface area contributed by atoms with Gasteiger partial charge in [0.2, 0.25) is 0 Å². The number of rotatable bonds is 6. The van der Waals surface area contributed by atoms with Crippen molar-refractivity contribution in [3.05, 3.63) is 95.9 Å². The van der Waals surface area contributed by atoms with E-state index in [0.717, 1.165) is 10.6 Å². The van der Waals surface area contributed by atoms with Gasteiger partial charge in [0.25, 0.3) is 11.8 Å². The summed E-state index contributed by atoms with van der Waals surface area (Å²) in [6.07, 6.45) is 0. The summed E-state index contributed by atoms with van der Waals surface area (Å²) in [5.74, 6) is -0.934. The molecule has 156 valence electrons. The highest BCUT2D eigenvalue weighted by atomic mass is 19.1. The van der Waals surface area contributed by atoms with Gasteiger partial charge in [-0.05, 0) is 48.9 Å². The van der Waals surface area contributed by atoms with Crippen LogP contribution in [0.1, 0.15) is 12.5 Å². The van der Waals surface area contributed by atoms with Crippen LogP contribution in [0.4, 0.5) is 15.8 Å². The number of hydrogen-bond acceptors (Lipinski definition) is 4. The van der Waals surface area contributed by atoms with Crippen molar-refractivity contribution < 1.29 is 18.7 Å². The molecular formula is C25H21FN2O3. The third-order valence-corrected chi connectivity index (χ3v) is 5.08. The number of nitrogens with zero attached hydrogens (tertiary/aromatic N) is 2. The van der Waals surface area contributed by atoms with Crippen LogP contribution >= 0.6 is 0 Å². The van der Waals surface area contributed by atoms with Crippen molar-refractivity contribution in [1.29, 1.82) is 0 Å². The molecule has 6 heteroatoms. The molecule has 4 rings (SSSR count). The van der Waals surface area contributed by atoms with E-state index in [1.165, 1.54) is 24.3 Å². The van der Waals surface area contributed by atoms with Gasteiger partial charge in [0, 0.05) is 12.7 Å². The molecule has 2 amide bonds. The highest BCUT2D eigenvalue weighted by Gasteiger charge is 2.43. The molecular weight excluding hydrogens is 395 g/mol. The van der Waals surface area contributed by atoms with Gasteiger partial charge < -0.3 is 9.64 Å². The molecule has 0 atom stereocenters. The molecule has 31 heavy (non-hydrogen) atoms. The molecule has 0 aromatic heterocycles. The first kappa shape index (κ1) is 20.3. The lowest BCUT2D eigenvalue weighted by Crippen LogP contribution is -2.34. The second-order valence-electron chi connectivity index (χ2n) is 6.97. The summed E-state index contributed by atoms with van der Waals surface area (Å²) >= 11 is 0. The number of amides is 2. The molecule has 0 aliphatic carbocycles. The number of likely N-dealkylation sites (N-methyl/N-ethyl adjacent to an activating group) is 1. The van der Waals surface area contributed by atoms with E-state index in [1.807, 2.05) is 37.3 Å². The minimum absolute atomic E-state index is 0.211. The molecule has 0 radical (unpaired) electrons. The van der Waals surface area contributed by atoms with Crippen LogP contribution in [0.2, 0.25) is 0 Å². The maximum Gasteiger partial charge on any atom is 0.282 e. The Kier molecular flexibility index (Phi) is 5.54. The Hall–Kier alpha value is -3.93. The number of carbonyl (C=O) groups excluding carboxylic acids is 2. The second kappa shape index (κ2) is 8.44. The van der Waals surface area contributed by atoms with E-state index in [-0.39, 0.29) is 11.3 Å². The summed E-state index contributed by atoms with van der Waals surface area (Å²) in [5, 5.41) is 0. The molecule has 0 fully saturated rings. The smallest absolute Gasteiger partial charge is 0.282 e. The molecule has 1 aliphatic rings. The predicted octanol–water partition coefficient (Wildman–Crippen LogP) is 4.65. The van der Waals surface area contributed by atoms with Crippen LogP contribution in [0, 0.1) is 5.82 Å². The Morgan fingerprint density at radius 1 is 0.871 bits per heavy atom. The standard InChI is InChI=1S/C25H21FN2O3/c1-3-31-21-12-8-7-11-20(21)28-24(29)22(17-13-15-18(26)16-14-17)23(25(28)30)27(2)19-9-5-4-6-10-19/h4-16H,3H2,1-2H3. The van der Waals surface area contributed by atoms with Crippen molar-refractivity contribution in [1.82, 2.24) is 0 Å². The summed E-state index contributed by atoms with van der Waals surface area (Å²) < 4.78 is 19.2. The molecule has 0 spiro atoms. The molecule has 1 heterocycles. The molecule has 3 aromatic carbocycles. The molecule has 0 saturated heterocycles. The lowest BCUT2D eigenvalue weighted by atomic mass is 10.0. The third-order valence-electron chi connectivity index (χ3n) is 5.08. The van der Waals surface area contributed by atoms with Crippen molar-refractivity contribution in [3.8, 4) is 5.75 Å². The maximum atomic E-state index is 13.6. The Labute approximate surface area is 180 Å². The lowest BCUT2D eigenvalue weighted by Gasteiger charge is -2.22. The quantitative estimate of drug-likeness (QED) is 0.549. The van der Waals surface area contributed by atoms with Gasteiger partial charge in [-0.2, -0.15) is 0 Å². The van der Waals surface area contributed by atoms with Crippen LogP contribution in [0.15, 0.2) is 84.6 Å². The first-order chi connectivity index (χ1) is 15.0. The zero-order valence-electron chi connectivity index (χ0n) is 17.2. The highest BCUT2D eigenvalue weighted by Crippen LogP contribution is 2.39. The maximum absolute atomic E-state index is 13.6.